The summed E-state index contributed by atoms with van der Waals surface area (Å²) in [5.74, 6) is -0.963. The van der Waals surface area contributed by atoms with Gasteiger partial charge in [0.15, 0.2) is 0 Å². The Morgan fingerprint density at radius 1 is 1.75 bits per heavy atom. The van der Waals surface area contributed by atoms with Gasteiger partial charge in [0.2, 0.25) is 0 Å². The maximum atomic E-state index is 9.65. The predicted octanol–water partition coefficient (Wildman–Crippen LogP) is 0.478. The summed E-state index contributed by atoms with van der Waals surface area (Å²) in [5.41, 5.74) is 0. The molecule has 0 saturated heterocycles. The molecule has 0 aliphatic heterocycles. The van der Waals surface area contributed by atoms with E-state index in [0.29, 0.717) is 0 Å². The Morgan fingerprint density at radius 2 is 2.12 bits per heavy atom. The van der Waals surface area contributed by atoms with Gasteiger partial charge in [-0.25, -0.2) is 0 Å². The smallest absolute Gasteiger partial charge is 0.305 e. The van der Waals surface area contributed by atoms with E-state index in [1.807, 2.05) is 0 Å². The van der Waals surface area contributed by atoms with E-state index < -0.39 is 12.1 Å². The van der Waals surface area contributed by atoms with E-state index in [0.717, 1.165) is 0 Å². The van der Waals surface area contributed by atoms with Crippen molar-refractivity contribution in [2.75, 3.05) is 0 Å². The van der Waals surface area contributed by atoms with Crippen LogP contribution in [-0.2, 0) is 4.79 Å². The Morgan fingerprint density at radius 3 is 2.12 bits per heavy atom. The predicted molar refractivity (Wildman–Crippen MR) is 30.7 cm³/mol. The van der Waals surface area contributed by atoms with Crippen LogP contribution in [-0.4, -0.2) is 22.3 Å². The molecule has 1 atom stereocenters. The zero-order chi connectivity index (χ0) is 5.86. The molecule has 0 bridgehead atoms. The summed E-state index contributed by atoms with van der Waals surface area (Å²) in [6.45, 7) is 1.44. The summed E-state index contributed by atoms with van der Waals surface area (Å²) in [6.07, 6.45) is -0.891. The second-order valence-electron chi connectivity index (χ2n) is 1.45. The third-order valence-electron chi connectivity index (χ3n) is 0.470. The van der Waals surface area contributed by atoms with Crippen molar-refractivity contribution >= 4 is 5.97 Å². The third kappa shape index (κ3) is 9.06. The second-order valence-corrected chi connectivity index (χ2v) is 1.45. The van der Waals surface area contributed by atoms with E-state index in [1.165, 1.54) is 6.92 Å². The van der Waals surface area contributed by atoms with Crippen LogP contribution < -0.4 is 0 Å². The summed E-state index contributed by atoms with van der Waals surface area (Å²) in [6, 6.07) is 0. The summed E-state index contributed by atoms with van der Waals surface area (Å²) >= 11 is 0. The standard InChI is InChI=1S/C4H8O3.CH4/c1-3(5)2-4(6)7;/h3,5H,2H2,1H3,(H,6,7);1H4. The van der Waals surface area contributed by atoms with Crippen molar-refractivity contribution in [2.45, 2.75) is 26.9 Å². The highest BCUT2D eigenvalue weighted by molar-refractivity contribution is 5.67. The van der Waals surface area contributed by atoms with Gasteiger partial charge in [0.1, 0.15) is 0 Å². The van der Waals surface area contributed by atoms with Crippen molar-refractivity contribution in [3.8, 4) is 0 Å². The molecule has 1 unspecified atom stereocenters. The highest BCUT2D eigenvalue weighted by atomic mass is 16.4. The molecule has 3 heteroatoms. The minimum Gasteiger partial charge on any atom is -0.481 e. The highest BCUT2D eigenvalue weighted by Crippen LogP contribution is 1.85. The fourth-order valence-corrected chi connectivity index (χ4v) is 0.253. The molecule has 0 saturated carbocycles. The van der Waals surface area contributed by atoms with Gasteiger partial charge in [0, 0.05) is 0 Å². The van der Waals surface area contributed by atoms with Crippen LogP contribution in [0.15, 0.2) is 0 Å². The Bertz CT molecular complexity index is 68.1. The van der Waals surface area contributed by atoms with Crippen LogP contribution in [0.4, 0.5) is 0 Å². The largest absolute Gasteiger partial charge is 0.481 e. The number of aliphatic hydroxyl groups is 1. The van der Waals surface area contributed by atoms with Gasteiger partial charge in [-0.1, -0.05) is 7.43 Å². The van der Waals surface area contributed by atoms with Crippen molar-refractivity contribution in [1.82, 2.24) is 0 Å². The first-order chi connectivity index (χ1) is 3.13. The number of hydrogen-bond acceptors (Lipinski definition) is 2. The lowest BCUT2D eigenvalue weighted by Crippen LogP contribution is -2.07. The summed E-state index contributed by atoms with van der Waals surface area (Å²) in [4.78, 5) is 9.65. The molecule has 50 valence electrons. The minimum absolute atomic E-state index is 0. The molecule has 0 heterocycles. The second kappa shape index (κ2) is 4.59. The summed E-state index contributed by atoms with van der Waals surface area (Å²) in [7, 11) is 0. The molecule has 0 fully saturated rings. The van der Waals surface area contributed by atoms with E-state index in [4.69, 9.17) is 10.2 Å². The molecule has 0 aromatic carbocycles. The van der Waals surface area contributed by atoms with Gasteiger partial charge in [-0.3, -0.25) is 4.79 Å². The molecule has 2 N–H and O–H groups in total. The first-order valence-corrected chi connectivity index (χ1v) is 2.03. The Kier molecular flexibility index (Phi) is 5.97. The average molecular weight is 120 g/mol. The Balaban J connectivity index is 0. The Labute approximate surface area is 49.0 Å². The van der Waals surface area contributed by atoms with Gasteiger partial charge in [0.05, 0.1) is 12.5 Å². The lowest BCUT2D eigenvalue weighted by molar-refractivity contribution is -0.138. The van der Waals surface area contributed by atoms with Gasteiger partial charge in [-0.05, 0) is 6.92 Å². The normalized spacial score (nSPS) is 11.8. The zero-order valence-electron chi connectivity index (χ0n) is 4.09. The first-order valence-electron chi connectivity index (χ1n) is 2.03. The van der Waals surface area contributed by atoms with E-state index in [2.05, 4.69) is 0 Å². The SMILES string of the molecule is C.CC(O)CC(=O)O. The fourth-order valence-electron chi connectivity index (χ4n) is 0.253. The molecule has 0 rings (SSSR count). The van der Waals surface area contributed by atoms with Gasteiger partial charge in [-0.15, -0.1) is 0 Å². The summed E-state index contributed by atoms with van der Waals surface area (Å²) < 4.78 is 0. The third-order valence-corrected chi connectivity index (χ3v) is 0.470. The number of carboxylic acid groups (broad SMARTS) is 1. The van der Waals surface area contributed by atoms with Crippen molar-refractivity contribution < 1.29 is 15.0 Å². The molecule has 0 aromatic rings. The number of hydrogen-bond donors (Lipinski definition) is 2. The average Bonchev–Trinajstić information content (AvgIpc) is 1.27. The van der Waals surface area contributed by atoms with E-state index in [-0.39, 0.29) is 13.8 Å². The maximum Gasteiger partial charge on any atom is 0.305 e. The van der Waals surface area contributed by atoms with Crippen molar-refractivity contribution in [1.29, 1.82) is 0 Å². The lowest BCUT2D eigenvalue weighted by Gasteiger charge is -1.94. The number of carbonyl (C=O) groups is 1. The van der Waals surface area contributed by atoms with Crippen LogP contribution in [0.25, 0.3) is 0 Å². The van der Waals surface area contributed by atoms with Crippen molar-refractivity contribution in [2.24, 2.45) is 0 Å². The van der Waals surface area contributed by atoms with E-state index in [9.17, 15) is 4.79 Å². The van der Waals surface area contributed by atoms with Crippen molar-refractivity contribution in [3.63, 3.8) is 0 Å². The van der Waals surface area contributed by atoms with Crippen LogP contribution in [0.1, 0.15) is 20.8 Å². The van der Waals surface area contributed by atoms with E-state index in [1.54, 1.807) is 0 Å². The molecule has 3 nitrogen and oxygen atoms in total. The van der Waals surface area contributed by atoms with Crippen LogP contribution in [0.2, 0.25) is 0 Å². The number of carboxylic acids is 1. The number of aliphatic carboxylic acids is 1. The monoisotopic (exact) mass is 120 g/mol. The van der Waals surface area contributed by atoms with Crippen LogP contribution in [0.5, 0.6) is 0 Å². The number of aliphatic hydroxyl groups excluding tert-OH is 1. The zero-order valence-corrected chi connectivity index (χ0v) is 4.09. The van der Waals surface area contributed by atoms with Crippen LogP contribution in [0.3, 0.4) is 0 Å². The summed E-state index contributed by atoms with van der Waals surface area (Å²) in [5, 5.41) is 16.3. The molecule has 0 aliphatic carbocycles. The molecule has 0 aliphatic rings. The topological polar surface area (TPSA) is 57.5 Å². The number of rotatable bonds is 2. The molecule has 0 radical (unpaired) electrons. The van der Waals surface area contributed by atoms with Gasteiger partial charge in [0.25, 0.3) is 0 Å². The Hall–Kier alpha value is -0.570. The van der Waals surface area contributed by atoms with Crippen molar-refractivity contribution in [3.05, 3.63) is 0 Å². The van der Waals surface area contributed by atoms with Gasteiger partial charge < -0.3 is 10.2 Å². The molecule has 0 spiro atoms. The molecule has 0 aromatic heterocycles. The highest BCUT2D eigenvalue weighted by Gasteiger charge is 2.00. The maximum absolute atomic E-state index is 9.65. The van der Waals surface area contributed by atoms with E-state index >= 15 is 0 Å². The fraction of sp³-hybridized carbons (Fsp3) is 0.800. The molecular weight excluding hydrogens is 108 g/mol. The van der Waals surface area contributed by atoms with Gasteiger partial charge >= 0.3 is 5.97 Å². The van der Waals surface area contributed by atoms with Crippen LogP contribution in [0, 0.1) is 0 Å². The first kappa shape index (κ1) is 10.4. The molecule has 8 heavy (non-hydrogen) atoms. The quantitative estimate of drug-likeness (QED) is 0.557. The molecule has 0 amide bonds. The van der Waals surface area contributed by atoms with Gasteiger partial charge in [-0.2, -0.15) is 0 Å². The lowest BCUT2D eigenvalue weighted by atomic mass is 10.3. The minimum atomic E-state index is -0.963. The van der Waals surface area contributed by atoms with Crippen LogP contribution >= 0.6 is 0 Å². The molecular formula is C5H12O3.